The number of nitro benzene ring substituents is 1. The summed E-state index contributed by atoms with van der Waals surface area (Å²) in [6.45, 7) is 0. The molecule has 0 fully saturated rings. The Kier molecular flexibility index (Phi) is 6.30. The molecule has 1 atom stereocenters. The third-order valence-electron chi connectivity index (χ3n) is 5.13. The van der Waals surface area contributed by atoms with E-state index in [0.29, 0.717) is 21.9 Å². The molecule has 3 aromatic carbocycles. The number of rotatable bonds is 5. The second-order valence-electron chi connectivity index (χ2n) is 7.28. The number of halogens is 1. The van der Waals surface area contributed by atoms with Crippen LogP contribution in [0, 0.1) is 21.4 Å². The second-order valence-corrected chi connectivity index (χ2v) is 7.72. The van der Waals surface area contributed by atoms with Gasteiger partial charge < -0.3 is 15.2 Å². The summed E-state index contributed by atoms with van der Waals surface area (Å²) in [7, 11) is 0. The van der Waals surface area contributed by atoms with E-state index in [1.54, 1.807) is 54.6 Å². The number of esters is 1. The topological polar surface area (TPSA) is 128 Å². The van der Waals surface area contributed by atoms with Crippen molar-refractivity contribution in [1.29, 1.82) is 5.26 Å². The fraction of sp³-hybridized carbons (Fsp3) is 0.0400. The van der Waals surface area contributed by atoms with Crippen LogP contribution in [0.1, 0.15) is 22.6 Å². The number of carbonyl (C=O) groups excluding carboxylic acids is 1. The van der Waals surface area contributed by atoms with Gasteiger partial charge >= 0.3 is 5.97 Å². The lowest BCUT2D eigenvalue weighted by Crippen LogP contribution is -2.21. The van der Waals surface area contributed by atoms with E-state index in [2.05, 4.69) is 6.07 Å². The highest BCUT2D eigenvalue weighted by Crippen LogP contribution is 2.43. The average molecular weight is 474 g/mol. The van der Waals surface area contributed by atoms with E-state index in [-0.39, 0.29) is 22.9 Å². The summed E-state index contributed by atoms with van der Waals surface area (Å²) in [6.07, 6.45) is 2.88. The minimum absolute atomic E-state index is 0.0691. The van der Waals surface area contributed by atoms with Crippen LogP contribution >= 0.6 is 11.6 Å². The monoisotopic (exact) mass is 473 g/mol. The maximum Gasteiger partial charge on any atom is 0.336 e. The van der Waals surface area contributed by atoms with Gasteiger partial charge in [-0.05, 0) is 35.4 Å². The maximum absolute atomic E-state index is 12.2. The molecule has 2 N–H and O–H groups in total. The Morgan fingerprint density at radius 1 is 1.15 bits per heavy atom. The number of nitrogens with zero attached hydrogens (tertiary/aromatic N) is 2. The van der Waals surface area contributed by atoms with Gasteiger partial charge in [-0.25, -0.2) is 4.79 Å². The van der Waals surface area contributed by atoms with E-state index < -0.39 is 16.8 Å². The molecule has 0 bridgehead atoms. The van der Waals surface area contributed by atoms with Crippen LogP contribution in [0.25, 0.3) is 6.08 Å². The number of nitriles is 1. The van der Waals surface area contributed by atoms with Crippen molar-refractivity contribution in [2.24, 2.45) is 5.73 Å². The number of hydrogen-bond acceptors (Lipinski definition) is 7. The number of nitro groups is 1. The zero-order chi connectivity index (χ0) is 24.2. The van der Waals surface area contributed by atoms with Gasteiger partial charge in [0.1, 0.15) is 23.1 Å². The molecule has 0 spiro atoms. The summed E-state index contributed by atoms with van der Waals surface area (Å²) < 4.78 is 11.0. The number of ether oxygens (including phenoxy) is 2. The number of fused-ring (bicyclic) bond motifs is 1. The van der Waals surface area contributed by atoms with E-state index in [4.69, 9.17) is 26.8 Å². The Labute approximate surface area is 199 Å². The summed E-state index contributed by atoms with van der Waals surface area (Å²) in [5.74, 6) is -0.751. The van der Waals surface area contributed by atoms with Crippen LogP contribution in [0.3, 0.4) is 0 Å². The van der Waals surface area contributed by atoms with Crippen molar-refractivity contribution < 1.29 is 19.2 Å². The number of non-ortho nitro benzene ring substituents is 1. The van der Waals surface area contributed by atoms with Crippen LogP contribution in [-0.2, 0) is 4.79 Å². The number of hydrogen-bond donors (Lipinski definition) is 1. The molecule has 0 amide bonds. The minimum Gasteiger partial charge on any atom is -0.440 e. The maximum atomic E-state index is 12.2. The van der Waals surface area contributed by atoms with Gasteiger partial charge in [0.2, 0.25) is 5.88 Å². The molecule has 4 rings (SSSR count). The highest BCUT2D eigenvalue weighted by Gasteiger charge is 2.31. The Morgan fingerprint density at radius 2 is 1.85 bits per heavy atom. The first-order valence-corrected chi connectivity index (χ1v) is 10.3. The molecule has 0 radical (unpaired) electrons. The molecule has 0 saturated carbocycles. The van der Waals surface area contributed by atoms with Crippen molar-refractivity contribution in [3.8, 4) is 17.6 Å². The fourth-order valence-corrected chi connectivity index (χ4v) is 3.64. The highest BCUT2D eigenvalue weighted by atomic mass is 35.5. The molecule has 0 aromatic heterocycles. The molecular formula is C25H16ClN3O5. The summed E-state index contributed by atoms with van der Waals surface area (Å²) >= 11 is 5.85. The third kappa shape index (κ3) is 4.75. The Balaban J connectivity index is 1.59. The van der Waals surface area contributed by atoms with Crippen molar-refractivity contribution in [1.82, 2.24) is 0 Å². The Bertz CT molecular complexity index is 1370. The number of carbonyl (C=O) groups is 1. The minimum atomic E-state index is -0.598. The van der Waals surface area contributed by atoms with Gasteiger partial charge in [-0.15, -0.1) is 0 Å². The molecule has 34 heavy (non-hydrogen) atoms. The lowest BCUT2D eigenvalue weighted by molar-refractivity contribution is -0.384. The Hall–Kier alpha value is -4.61. The van der Waals surface area contributed by atoms with Gasteiger partial charge in [0.25, 0.3) is 5.69 Å². The van der Waals surface area contributed by atoms with Gasteiger partial charge in [0, 0.05) is 34.9 Å². The molecule has 0 aliphatic carbocycles. The highest BCUT2D eigenvalue weighted by molar-refractivity contribution is 6.30. The van der Waals surface area contributed by atoms with E-state index in [1.165, 1.54) is 24.3 Å². The SMILES string of the molecule is N#CC1=C(N)Oc2cc(OC(=O)/C=C/c3ccc(Cl)cc3)ccc2C1c1ccc([N+](=O)[O-])cc1. The normalized spacial score (nSPS) is 14.8. The van der Waals surface area contributed by atoms with Crippen LogP contribution in [-0.4, -0.2) is 10.9 Å². The molecule has 0 saturated heterocycles. The van der Waals surface area contributed by atoms with Crippen molar-refractivity contribution >= 4 is 29.3 Å². The van der Waals surface area contributed by atoms with Crippen LogP contribution in [0.4, 0.5) is 5.69 Å². The molecule has 8 nitrogen and oxygen atoms in total. The molecule has 1 aliphatic heterocycles. The summed E-state index contributed by atoms with van der Waals surface area (Å²) in [6, 6.07) is 19.6. The van der Waals surface area contributed by atoms with Crippen LogP contribution in [0.2, 0.25) is 5.02 Å². The first-order chi connectivity index (χ1) is 16.4. The van der Waals surface area contributed by atoms with Crippen molar-refractivity contribution in [2.75, 3.05) is 0 Å². The first-order valence-electron chi connectivity index (χ1n) is 9.97. The Morgan fingerprint density at radius 3 is 2.50 bits per heavy atom. The standard InChI is InChI=1S/C25H16ClN3O5/c26-17-6-1-15(2-7-17)3-12-23(30)33-19-10-11-20-22(13-19)34-25(28)21(14-27)24(20)16-4-8-18(9-5-16)29(31)32/h1-13,24H,28H2/b12-3+. The van der Waals surface area contributed by atoms with Crippen molar-refractivity contribution in [2.45, 2.75) is 5.92 Å². The predicted octanol–water partition coefficient (Wildman–Crippen LogP) is 5.09. The third-order valence-corrected chi connectivity index (χ3v) is 5.38. The molecular weight excluding hydrogens is 458 g/mol. The smallest absolute Gasteiger partial charge is 0.336 e. The van der Waals surface area contributed by atoms with Crippen molar-refractivity contribution in [3.63, 3.8) is 0 Å². The number of allylic oxidation sites excluding steroid dienone is 1. The number of nitrogens with two attached hydrogens (primary N) is 1. The predicted molar refractivity (Wildman–Crippen MR) is 125 cm³/mol. The molecule has 1 aliphatic rings. The zero-order valence-corrected chi connectivity index (χ0v) is 18.2. The largest absolute Gasteiger partial charge is 0.440 e. The summed E-state index contributed by atoms with van der Waals surface area (Å²) in [5, 5.41) is 21.2. The van der Waals surface area contributed by atoms with E-state index in [1.807, 2.05) is 0 Å². The molecule has 9 heteroatoms. The quantitative estimate of drug-likeness (QED) is 0.180. The van der Waals surface area contributed by atoms with Crippen LogP contribution in [0.5, 0.6) is 11.5 Å². The van der Waals surface area contributed by atoms with Gasteiger partial charge in [-0.3, -0.25) is 10.1 Å². The lowest BCUT2D eigenvalue weighted by atomic mass is 9.83. The average Bonchev–Trinajstić information content (AvgIpc) is 2.83. The first kappa shape index (κ1) is 22.6. The summed E-state index contributed by atoms with van der Waals surface area (Å²) in [5.41, 5.74) is 8.11. The molecule has 3 aromatic rings. The molecule has 1 unspecified atom stereocenters. The van der Waals surface area contributed by atoms with E-state index >= 15 is 0 Å². The van der Waals surface area contributed by atoms with E-state index in [9.17, 15) is 20.2 Å². The summed E-state index contributed by atoms with van der Waals surface area (Å²) in [4.78, 5) is 22.7. The lowest BCUT2D eigenvalue weighted by Gasteiger charge is -2.26. The van der Waals surface area contributed by atoms with Crippen LogP contribution in [0.15, 0.2) is 84.3 Å². The van der Waals surface area contributed by atoms with Gasteiger partial charge in [-0.1, -0.05) is 41.9 Å². The fourth-order valence-electron chi connectivity index (χ4n) is 3.52. The van der Waals surface area contributed by atoms with Gasteiger partial charge in [-0.2, -0.15) is 5.26 Å². The van der Waals surface area contributed by atoms with E-state index in [0.717, 1.165) is 5.56 Å². The second kappa shape index (κ2) is 9.48. The molecule has 168 valence electrons. The van der Waals surface area contributed by atoms with Gasteiger partial charge in [0.05, 0.1) is 10.8 Å². The number of benzene rings is 3. The van der Waals surface area contributed by atoms with Gasteiger partial charge in [0.15, 0.2) is 0 Å². The van der Waals surface area contributed by atoms with Crippen molar-refractivity contribution in [3.05, 3.63) is 116 Å². The molecule has 1 heterocycles. The zero-order valence-electron chi connectivity index (χ0n) is 17.5. The van der Waals surface area contributed by atoms with Crippen LogP contribution < -0.4 is 15.2 Å².